The molecule has 3 nitrogen and oxygen atoms in total. The number of benzene rings is 1. The highest BCUT2D eigenvalue weighted by Gasteiger charge is 1.94. The molecule has 5 heteroatoms. The molecule has 0 fully saturated rings. The minimum Gasteiger partial charge on any atom is -0.330 e. The van der Waals surface area contributed by atoms with E-state index in [1.807, 2.05) is 0 Å². The van der Waals surface area contributed by atoms with Crippen molar-refractivity contribution in [2.24, 2.45) is 5.73 Å². The van der Waals surface area contributed by atoms with Gasteiger partial charge >= 0.3 is 0 Å². The van der Waals surface area contributed by atoms with E-state index >= 15 is 0 Å². The summed E-state index contributed by atoms with van der Waals surface area (Å²) in [5.74, 6) is 0. The zero-order valence-electron chi connectivity index (χ0n) is 6.97. The largest absolute Gasteiger partial charge is 0.330 e. The van der Waals surface area contributed by atoms with Gasteiger partial charge in [0, 0.05) is 0 Å². The van der Waals surface area contributed by atoms with Gasteiger partial charge in [0.1, 0.15) is 0 Å². The quantitative estimate of drug-likeness (QED) is 0.735. The van der Waals surface area contributed by atoms with Gasteiger partial charge in [-0.25, -0.2) is 8.42 Å². The Morgan fingerprint density at radius 3 is 2.08 bits per heavy atom. The summed E-state index contributed by atoms with van der Waals surface area (Å²) in [6.45, 7) is 0.586. The topological polar surface area (TPSA) is 60.2 Å². The van der Waals surface area contributed by atoms with E-state index in [0.29, 0.717) is 11.4 Å². The second kappa shape index (κ2) is 5.96. The zero-order valence-corrected chi connectivity index (χ0v) is 8.68. The lowest BCUT2D eigenvalue weighted by Gasteiger charge is -1.97. The first-order valence-corrected chi connectivity index (χ1v) is 4.85. The predicted octanol–water partition coefficient (Wildman–Crippen LogP) is 0.580. The van der Waals surface area contributed by atoms with Crippen molar-refractivity contribution in [1.29, 1.82) is 0 Å². The van der Waals surface area contributed by atoms with Crippen molar-refractivity contribution in [2.45, 2.75) is 11.3 Å². The van der Waals surface area contributed by atoms with Crippen LogP contribution in [-0.4, -0.2) is 15.0 Å². The van der Waals surface area contributed by atoms with E-state index in [1.54, 1.807) is 24.3 Å². The Morgan fingerprint density at radius 1 is 1.15 bits per heavy atom. The van der Waals surface area contributed by atoms with Crippen LogP contribution in [0.25, 0.3) is 0 Å². The molecule has 0 amide bonds. The number of hydrogen-bond acceptors (Lipinski definition) is 3. The summed E-state index contributed by atoms with van der Waals surface area (Å²) >= 11 is 0. The SMILES string of the molecule is Cl.NCCc1ccc([SH](=O)=O)cc1. The Hall–Kier alpha value is -0.580. The van der Waals surface area contributed by atoms with Crippen LogP contribution in [0.5, 0.6) is 0 Å². The molecule has 0 unspecified atom stereocenters. The highest BCUT2D eigenvalue weighted by Crippen LogP contribution is 2.05. The van der Waals surface area contributed by atoms with E-state index in [9.17, 15) is 8.42 Å². The number of nitrogens with two attached hydrogens (primary N) is 1. The number of hydrogen-bond donors (Lipinski definition) is 2. The minimum absolute atomic E-state index is 0. The van der Waals surface area contributed by atoms with Crippen LogP contribution < -0.4 is 5.73 Å². The Morgan fingerprint density at radius 2 is 1.69 bits per heavy atom. The third kappa shape index (κ3) is 3.76. The fraction of sp³-hybridized carbons (Fsp3) is 0.250. The van der Waals surface area contributed by atoms with Gasteiger partial charge in [0.2, 0.25) is 0 Å². The molecule has 1 aromatic carbocycles. The average Bonchev–Trinajstić information content (AvgIpc) is 2.06. The molecule has 13 heavy (non-hydrogen) atoms. The molecule has 0 saturated heterocycles. The van der Waals surface area contributed by atoms with Crippen LogP contribution in [0.1, 0.15) is 5.56 Å². The molecule has 0 aliphatic heterocycles. The lowest BCUT2D eigenvalue weighted by molar-refractivity contribution is 0.614. The van der Waals surface area contributed by atoms with Crippen molar-refractivity contribution in [3.05, 3.63) is 29.8 Å². The fourth-order valence-corrected chi connectivity index (χ4v) is 1.34. The van der Waals surface area contributed by atoms with Gasteiger partial charge in [-0.2, -0.15) is 0 Å². The average molecular weight is 222 g/mol. The normalized spacial score (nSPS) is 9.69. The highest BCUT2D eigenvalue weighted by molar-refractivity contribution is 7.72. The molecule has 0 radical (unpaired) electrons. The van der Waals surface area contributed by atoms with Crippen molar-refractivity contribution in [2.75, 3.05) is 6.54 Å². The summed E-state index contributed by atoms with van der Waals surface area (Å²) in [7, 11) is -2.45. The second-order valence-electron chi connectivity index (χ2n) is 2.46. The van der Waals surface area contributed by atoms with E-state index in [-0.39, 0.29) is 12.4 Å². The molecular formula is C8H12ClNO2S. The van der Waals surface area contributed by atoms with Gasteiger partial charge < -0.3 is 5.73 Å². The number of rotatable bonds is 3. The van der Waals surface area contributed by atoms with Crippen LogP contribution >= 0.6 is 12.4 Å². The van der Waals surface area contributed by atoms with E-state index in [1.165, 1.54) is 0 Å². The molecular weight excluding hydrogens is 210 g/mol. The van der Waals surface area contributed by atoms with Crippen LogP contribution in [0, 0.1) is 0 Å². The fourth-order valence-electron chi connectivity index (χ4n) is 0.951. The summed E-state index contributed by atoms with van der Waals surface area (Å²) in [4.78, 5) is 0.353. The first kappa shape index (κ1) is 12.4. The van der Waals surface area contributed by atoms with E-state index in [4.69, 9.17) is 5.73 Å². The maximum atomic E-state index is 10.5. The third-order valence-electron chi connectivity index (χ3n) is 1.58. The van der Waals surface area contributed by atoms with Crippen molar-refractivity contribution in [1.82, 2.24) is 0 Å². The van der Waals surface area contributed by atoms with E-state index < -0.39 is 10.7 Å². The smallest absolute Gasteiger partial charge is 0.168 e. The van der Waals surface area contributed by atoms with Crippen molar-refractivity contribution in [3.63, 3.8) is 0 Å². The van der Waals surface area contributed by atoms with Crippen LogP contribution in [0.2, 0.25) is 0 Å². The number of halogens is 1. The lowest BCUT2D eigenvalue weighted by Crippen LogP contribution is -2.02. The van der Waals surface area contributed by atoms with Gasteiger partial charge in [-0.1, -0.05) is 12.1 Å². The first-order chi connectivity index (χ1) is 5.74. The van der Waals surface area contributed by atoms with Gasteiger partial charge in [-0.15, -0.1) is 12.4 Å². The minimum atomic E-state index is -2.45. The Kier molecular flexibility index (Phi) is 5.70. The van der Waals surface area contributed by atoms with E-state index in [2.05, 4.69) is 0 Å². The molecule has 1 rings (SSSR count). The number of thiol groups is 1. The molecule has 0 heterocycles. The zero-order chi connectivity index (χ0) is 8.97. The standard InChI is InChI=1S/C8H11NO2S.ClH/c9-6-5-7-1-3-8(4-2-7)12(10)11;/h1-4,12H,5-6,9H2;1H. The highest BCUT2D eigenvalue weighted by atomic mass is 35.5. The molecule has 0 aliphatic rings. The Labute approximate surface area is 85.3 Å². The van der Waals surface area contributed by atoms with Crippen molar-refractivity contribution in [3.8, 4) is 0 Å². The summed E-state index contributed by atoms with van der Waals surface area (Å²) in [6.07, 6.45) is 0.788. The van der Waals surface area contributed by atoms with Gasteiger partial charge in [0.25, 0.3) is 0 Å². The molecule has 0 aliphatic carbocycles. The summed E-state index contributed by atoms with van der Waals surface area (Å²) in [5.41, 5.74) is 6.41. The molecule has 74 valence electrons. The molecule has 0 aromatic heterocycles. The van der Waals surface area contributed by atoms with Gasteiger partial charge in [0.15, 0.2) is 10.7 Å². The van der Waals surface area contributed by atoms with Crippen molar-refractivity contribution < 1.29 is 8.42 Å². The molecule has 1 aromatic rings. The maximum Gasteiger partial charge on any atom is 0.168 e. The Bertz CT molecular complexity index is 313. The molecule has 0 atom stereocenters. The monoisotopic (exact) mass is 221 g/mol. The van der Waals surface area contributed by atoms with E-state index in [0.717, 1.165) is 12.0 Å². The Balaban J connectivity index is 0.00000144. The molecule has 0 spiro atoms. The third-order valence-corrected chi connectivity index (χ3v) is 2.30. The maximum absolute atomic E-state index is 10.5. The molecule has 2 N–H and O–H groups in total. The first-order valence-electron chi connectivity index (χ1n) is 3.67. The van der Waals surface area contributed by atoms with Crippen LogP contribution in [0.4, 0.5) is 0 Å². The summed E-state index contributed by atoms with van der Waals surface area (Å²) in [6, 6.07) is 6.76. The lowest BCUT2D eigenvalue weighted by atomic mass is 10.2. The van der Waals surface area contributed by atoms with Crippen LogP contribution in [-0.2, 0) is 17.1 Å². The molecule has 0 saturated carbocycles. The van der Waals surface area contributed by atoms with Gasteiger partial charge in [-0.3, -0.25) is 0 Å². The summed E-state index contributed by atoms with van der Waals surface area (Å²) < 4.78 is 21.0. The van der Waals surface area contributed by atoms with Gasteiger partial charge in [0.05, 0.1) is 4.90 Å². The van der Waals surface area contributed by atoms with Gasteiger partial charge in [-0.05, 0) is 30.7 Å². The van der Waals surface area contributed by atoms with Crippen LogP contribution in [0.15, 0.2) is 29.2 Å². The summed E-state index contributed by atoms with van der Waals surface area (Å²) in [5, 5.41) is 0. The second-order valence-corrected chi connectivity index (χ2v) is 3.49. The molecule has 0 bridgehead atoms. The van der Waals surface area contributed by atoms with Crippen molar-refractivity contribution >= 4 is 23.1 Å². The predicted molar refractivity (Wildman–Crippen MR) is 55.0 cm³/mol. The van der Waals surface area contributed by atoms with Crippen LogP contribution in [0.3, 0.4) is 0 Å².